The van der Waals surface area contributed by atoms with Gasteiger partial charge in [0.1, 0.15) is 5.75 Å². The van der Waals surface area contributed by atoms with Gasteiger partial charge in [0.2, 0.25) is 0 Å². The maximum absolute atomic E-state index is 11.7. The van der Waals surface area contributed by atoms with Gasteiger partial charge in [0, 0.05) is 23.7 Å². The molecule has 1 heterocycles. The molecule has 1 aromatic carbocycles. The van der Waals surface area contributed by atoms with Crippen molar-refractivity contribution in [3.8, 4) is 5.75 Å². The number of ether oxygens (including phenoxy) is 1. The molecule has 134 valence electrons. The van der Waals surface area contributed by atoms with Gasteiger partial charge in [-0.3, -0.25) is 4.79 Å². The van der Waals surface area contributed by atoms with E-state index in [-0.39, 0.29) is 16.8 Å². The number of carbonyl (C=O) groups is 1. The summed E-state index contributed by atoms with van der Waals surface area (Å²) in [6, 6.07) is 5.93. The minimum Gasteiger partial charge on any atom is -0.426 e. The first kappa shape index (κ1) is 18.9. The van der Waals surface area contributed by atoms with E-state index in [1.54, 1.807) is 12.4 Å². The summed E-state index contributed by atoms with van der Waals surface area (Å²) in [4.78, 5) is 11.7. The number of benzene rings is 1. The Hall–Kier alpha value is -2.43. The van der Waals surface area contributed by atoms with Crippen LogP contribution in [0, 0.1) is 0 Å². The van der Waals surface area contributed by atoms with Crippen LogP contribution in [0.25, 0.3) is 0 Å². The summed E-state index contributed by atoms with van der Waals surface area (Å²) in [5, 5.41) is 11.1. The molecule has 1 aromatic heterocycles. The predicted molar refractivity (Wildman–Crippen MR) is 100 cm³/mol. The maximum atomic E-state index is 11.7. The fourth-order valence-electron chi connectivity index (χ4n) is 2.60. The molecule has 25 heavy (non-hydrogen) atoms. The van der Waals surface area contributed by atoms with Gasteiger partial charge in [-0.2, -0.15) is 10.2 Å². The van der Waals surface area contributed by atoms with E-state index in [0.717, 1.165) is 22.5 Å². The Morgan fingerprint density at radius 2 is 1.52 bits per heavy atom. The van der Waals surface area contributed by atoms with Crippen LogP contribution in [0.15, 0.2) is 30.6 Å². The van der Waals surface area contributed by atoms with E-state index < -0.39 is 0 Å². The molecule has 2 aromatic rings. The van der Waals surface area contributed by atoms with Gasteiger partial charge in [0.25, 0.3) is 0 Å². The van der Waals surface area contributed by atoms with Crippen LogP contribution in [0.5, 0.6) is 5.75 Å². The van der Waals surface area contributed by atoms with E-state index in [1.807, 2.05) is 18.2 Å². The number of aromatic nitrogens is 2. The summed E-state index contributed by atoms with van der Waals surface area (Å²) in [6.07, 6.45) is 3.32. The molecule has 0 saturated heterocycles. The van der Waals surface area contributed by atoms with Crippen LogP contribution in [-0.2, 0) is 15.6 Å². The Kier molecular flexibility index (Phi) is 5.16. The number of hydrogen-bond donors (Lipinski definition) is 1. The monoisotopic (exact) mass is 341 g/mol. The molecule has 5 heteroatoms. The number of nitrogens with zero attached hydrogens (tertiary/aromatic N) is 2. The second kappa shape index (κ2) is 6.82. The molecule has 1 N–H and O–H groups in total. The normalized spacial score (nSPS) is 12.0. The molecule has 0 fully saturated rings. The van der Waals surface area contributed by atoms with Crippen molar-refractivity contribution >= 4 is 17.3 Å². The third-order valence-corrected chi connectivity index (χ3v) is 3.82. The topological polar surface area (TPSA) is 64.1 Å². The van der Waals surface area contributed by atoms with Crippen molar-refractivity contribution in [3.05, 3.63) is 41.7 Å². The lowest BCUT2D eigenvalue weighted by molar-refractivity contribution is -0.132. The van der Waals surface area contributed by atoms with E-state index in [9.17, 15) is 4.79 Å². The van der Waals surface area contributed by atoms with E-state index >= 15 is 0 Å². The lowest BCUT2D eigenvalue weighted by Gasteiger charge is -2.30. The highest BCUT2D eigenvalue weighted by atomic mass is 16.5. The van der Waals surface area contributed by atoms with Crippen LogP contribution in [0.3, 0.4) is 0 Å². The minimum absolute atomic E-state index is 0.182. The van der Waals surface area contributed by atoms with Crippen molar-refractivity contribution < 1.29 is 9.53 Å². The highest BCUT2D eigenvalue weighted by Gasteiger charge is 2.28. The van der Waals surface area contributed by atoms with Crippen molar-refractivity contribution in [2.75, 3.05) is 5.32 Å². The van der Waals surface area contributed by atoms with Gasteiger partial charge in [0.05, 0.1) is 18.1 Å². The molecule has 0 aliphatic carbocycles. The quantitative estimate of drug-likeness (QED) is 0.645. The highest BCUT2D eigenvalue weighted by Crippen LogP contribution is 2.42. The number of nitrogens with one attached hydrogen (secondary N) is 1. The molecule has 5 nitrogen and oxygen atoms in total. The van der Waals surface area contributed by atoms with Crippen LogP contribution in [0.2, 0.25) is 0 Å². The first-order valence-corrected chi connectivity index (χ1v) is 8.39. The van der Waals surface area contributed by atoms with Crippen LogP contribution in [0.4, 0.5) is 11.4 Å². The van der Waals surface area contributed by atoms with Crippen LogP contribution in [0.1, 0.15) is 59.6 Å². The van der Waals surface area contributed by atoms with Crippen molar-refractivity contribution in [1.29, 1.82) is 0 Å². The van der Waals surface area contributed by atoms with Gasteiger partial charge in [-0.25, -0.2) is 0 Å². The van der Waals surface area contributed by atoms with Gasteiger partial charge in [-0.15, -0.1) is 0 Å². The van der Waals surface area contributed by atoms with E-state index in [0.29, 0.717) is 5.75 Å². The first-order chi connectivity index (χ1) is 11.5. The number of carbonyl (C=O) groups excluding carboxylic acids is 1. The van der Waals surface area contributed by atoms with Gasteiger partial charge in [-0.05, 0) is 29.0 Å². The van der Waals surface area contributed by atoms with Crippen molar-refractivity contribution in [1.82, 2.24) is 10.2 Å². The molecule has 0 aliphatic rings. The molecule has 0 unspecified atom stereocenters. The largest absolute Gasteiger partial charge is 0.426 e. The zero-order valence-corrected chi connectivity index (χ0v) is 16.1. The van der Waals surface area contributed by atoms with Crippen molar-refractivity contribution in [3.63, 3.8) is 0 Å². The molecule has 0 amide bonds. The summed E-state index contributed by atoms with van der Waals surface area (Å²) < 4.78 is 5.65. The second-order valence-electron chi connectivity index (χ2n) is 8.25. The Bertz CT molecular complexity index is 722. The van der Waals surface area contributed by atoms with E-state index in [2.05, 4.69) is 57.1 Å². The average molecular weight is 341 g/mol. The summed E-state index contributed by atoms with van der Waals surface area (Å²) >= 11 is 0. The van der Waals surface area contributed by atoms with E-state index in [1.165, 1.54) is 6.92 Å². The van der Waals surface area contributed by atoms with Crippen molar-refractivity contribution in [2.24, 2.45) is 0 Å². The zero-order valence-electron chi connectivity index (χ0n) is 16.1. The number of hydrogen-bond acceptors (Lipinski definition) is 5. The smallest absolute Gasteiger partial charge is 0.308 e. The Labute approximate surface area is 149 Å². The SMILES string of the molecule is CC(=O)Oc1c(C(C)(C)C)cc(Nc2ccnnc2)cc1C(C)(C)C. The van der Waals surface area contributed by atoms with Gasteiger partial charge < -0.3 is 10.1 Å². The summed E-state index contributed by atoms with van der Waals surface area (Å²) in [7, 11) is 0. The molecule has 0 spiro atoms. The molecular formula is C20H27N3O2. The highest BCUT2D eigenvalue weighted by molar-refractivity contribution is 5.73. The molecule has 2 rings (SSSR count). The molecule has 0 atom stereocenters. The van der Waals surface area contributed by atoms with Crippen LogP contribution >= 0.6 is 0 Å². The number of esters is 1. The second-order valence-corrected chi connectivity index (χ2v) is 8.25. The predicted octanol–water partition coefficient (Wildman–Crippen LogP) is 4.74. The molecule has 0 saturated carbocycles. The van der Waals surface area contributed by atoms with Gasteiger partial charge in [0.15, 0.2) is 0 Å². The molecule has 0 bridgehead atoms. The molecule has 0 aliphatic heterocycles. The van der Waals surface area contributed by atoms with Gasteiger partial charge >= 0.3 is 5.97 Å². The fraction of sp³-hybridized carbons (Fsp3) is 0.450. The third kappa shape index (κ3) is 4.78. The Morgan fingerprint density at radius 1 is 0.960 bits per heavy atom. The lowest BCUT2D eigenvalue weighted by Crippen LogP contribution is -2.21. The maximum Gasteiger partial charge on any atom is 0.308 e. The Morgan fingerprint density at radius 3 is 1.92 bits per heavy atom. The number of anilines is 2. The van der Waals surface area contributed by atoms with Crippen molar-refractivity contribution in [2.45, 2.75) is 59.3 Å². The fourth-order valence-corrected chi connectivity index (χ4v) is 2.60. The average Bonchev–Trinajstić information content (AvgIpc) is 2.46. The number of rotatable bonds is 3. The summed E-state index contributed by atoms with van der Waals surface area (Å²) in [5.74, 6) is 0.348. The lowest BCUT2D eigenvalue weighted by atomic mass is 9.79. The van der Waals surface area contributed by atoms with Crippen LogP contribution < -0.4 is 10.1 Å². The molecule has 0 radical (unpaired) electrons. The summed E-state index contributed by atoms with van der Waals surface area (Å²) in [5.41, 5.74) is 3.39. The standard InChI is InChI=1S/C20H27N3O2/c1-13(24)25-18-16(19(2,3)4)10-15(11-17(18)20(5,6)7)23-14-8-9-21-22-12-14/h8-12H,1-7H3,(H,21,23). The summed E-state index contributed by atoms with van der Waals surface area (Å²) in [6.45, 7) is 14.1. The van der Waals surface area contributed by atoms with E-state index in [4.69, 9.17) is 4.74 Å². The van der Waals surface area contributed by atoms with Crippen LogP contribution in [-0.4, -0.2) is 16.2 Å². The zero-order chi connectivity index (χ0) is 18.8. The Balaban J connectivity index is 2.65. The van der Waals surface area contributed by atoms with Gasteiger partial charge in [-0.1, -0.05) is 41.5 Å². The minimum atomic E-state index is -0.310. The first-order valence-electron chi connectivity index (χ1n) is 8.39. The molecular weight excluding hydrogens is 314 g/mol. The third-order valence-electron chi connectivity index (χ3n) is 3.82.